The van der Waals surface area contributed by atoms with Crippen molar-refractivity contribution in [2.24, 2.45) is 0 Å². The van der Waals surface area contributed by atoms with Crippen LogP contribution in [0.25, 0.3) is 11.3 Å². The number of nitrogens with one attached hydrogen (secondary N) is 1. The number of phenolic OH excluding ortho intramolecular Hbond substituents is 1. The number of aryl methyl sites for hydroxylation is 2. The van der Waals surface area contributed by atoms with Gasteiger partial charge in [-0.15, -0.1) is 0 Å². The van der Waals surface area contributed by atoms with Crippen LogP contribution in [0.4, 0.5) is 0 Å². The number of carbonyl (C=O) groups is 1. The van der Waals surface area contributed by atoms with E-state index in [0.717, 1.165) is 47.1 Å². The van der Waals surface area contributed by atoms with Gasteiger partial charge in [0.25, 0.3) is 5.91 Å². The first kappa shape index (κ1) is 26.4. The number of aromatic nitrogens is 2. The van der Waals surface area contributed by atoms with Crippen LogP contribution < -0.4 is 9.47 Å². The van der Waals surface area contributed by atoms with E-state index in [1.165, 1.54) is 0 Å². The largest absolute Gasteiger partial charge is 0.507 e. The fourth-order valence-corrected chi connectivity index (χ4v) is 5.44. The maximum atomic E-state index is 13.8. The molecule has 5 rings (SSSR count). The SMILES string of the molecule is CCCCCOc1ccc(C2c3c(-c4c(C)cc(C)cc4O)n[nH]c3C(=O)N2Cc2ccccc2)cc1OC. The van der Waals surface area contributed by atoms with E-state index in [1.807, 2.05) is 73.3 Å². The number of benzene rings is 3. The Morgan fingerprint density at radius 2 is 1.82 bits per heavy atom. The molecule has 0 saturated heterocycles. The molecule has 1 unspecified atom stereocenters. The molecule has 1 aliphatic heterocycles. The van der Waals surface area contributed by atoms with Crippen LogP contribution in [0.5, 0.6) is 17.2 Å². The lowest BCUT2D eigenvalue weighted by atomic mass is 9.93. The summed E-state index contributed by atoms with van der Waals surface area (Å²) in [6.07, 6.45) is 3.21. The minimum Gasteiger partial charge on any atom is -0.507 e. The molecule has 1 aromatic heterocycles. The smallest absolute Gasteiger partial charge is 0.273 e. The number of hydrogen-bond donors (Lipinski definition) is 2. The summed E-state index contributed by atoms with van der Waals surface area (Å²) in [5.74, 6) is 1.29. The van der Waals surface area contributed by atoms with Gasteiger partial charge in [-0.25, -0.2) is 0 Å². The van der Waals surface area contributed by atoms with E-state index >= 15 is 0 Å². The predicted molar refractivity (Wildman–Crippen MR) is 151 cm³/mol. The van der Waals surface area contributed by atoms with Gasteiger partial charge in [0.05, 0.1) is 19.8 Å². The molecule has 0 spiro atoms. The number of unbranched alkanes of at least 4 members (excludes halogenated alkanes) is 2. The van der Waals surface area contributed by atoms with Crippen molar-refractivity contribution >= 4 is 5.91 Å². The minimum atomic E-state index is -0.440. The molecule has 39 heavy (non-hydrogen) atoms. The first-order valence-corrected chi connectivity index (χ1v) is 13.5. The number of carbonyl (C=O) groups excluding carboxylic acids is 1. The quantitative estimate of drug-likeness (QED) is 0.224. The Balaban J connectivity index is 1.61. The van der Waals surface area contributed by atoms with Crippen LogP contribution in [0.3, 0.4) is 0 Å². The Morgan fingerprint density at radius 3 is 2.54 bits per heavy atom. The third-order valence-corrected chi connectivity index (χ3v) is 7.26. The van der Waals surface area contributed by atoms with Crippen molar-refractivity contribution in [2.45, 2.75) is 52.6 Å². The Bertz CT molecular complexity index is 1460. The van der Waals surface area contributed by atoms with Crippen molar-refractivity contribution in [1.29, 1.82) is 0 Å². The Labute approximate surface area is 229 Å². The van der Waals surface area contributed by atoms with Crippen molar-refractivity contribution < 1.29 is 19.4 Å². The van der Waals surface area contributed by atoms with E-state index in [0.29, 0.717) is 41.6 Å². The summed E-state index contributed by atoms with van der Waals surface area (Å²) in [6.45, 7) is 7.09. The van der Waals surface area contributed by atoms with Crippen molar-refractivity contribution in [3.63, 3.8) is 0 Å². The average Bonchev–Trinajstić information content (AvgIpc) is 3.45. The molecule has 7 heteroatoms. The zero-order valence-corrected chi connectivity index (χ0v) is 23.0. The van der Waals surface area contributed by atoms with Gasteiger partial charge in [0.15, 0.2) is 11.5 Å². The molecule has 2 heterocycles. The maximum Gasteiger partial charge on any atom is 0.273 e. The number of hydrogen-bond acceptors (Lipinski definition) is 5. The highest BCUT2D eigenvalue weighted by Gasteiger charge is 2.43. The Kier molecular flexibility index (Phi) is 7.59. The number of methoxy groups -OCH3 is 1. The van der Waals surface area contributed by atoms with Crippen LogP contribution in [0, 0.1) is 13.8 Å². The zero-order valence-electron chi connectivity index (χ0n) is 23.0. The van der Waals surface area contributed by atoms with Crippen molar-refractivity contribution in [3.8, 4) is 28.5 Å². The normalized spacial score (nSPS) is 14.5. The van der Waals surface area contributed by atoms with Gasteiger partial charge in [0.1, 0.15) is 17.1 Å². The van der Waals surface area contributed by atoms with E-state index in [2.05, 4.69) is 17.1 Å². The molecule has 202 valence electrons. The van der Waals surface area contributed by atoms with Gasteiger partial charge in [-0.2, -0.15) is 5.10 Å². The molecule has 1 atom stereocenters. The monoisotopic (exact) mass is 525 g/mol. The molecule has 2 N–H and O–H groups in total. The molecule has 0 bridgehead atoms. The van der Waals surface area contributed by atoms with Gasteiger partial charge in [-0.1, -0.05) is 62.2 Å². The second-order valence-corrected chi connectivity index (χ2v) is 10.1. The van der Waals surface area contributed by atoms with Gasteiger partial charge in [-0.3, -0.25) is 9.89 Å². The fraction of sp³-hybridized carbons (Fsp3) is 0.312. The first-order chi connectivity index (χ1) is 18.9. The third-order valence-electron chi connectivity index (χ3n) is 7.26. The summed E-state index contributed by atoms with van der Waals surface area (Å²) in [4.78, 5) is 15.7. The van der Waals surface area contributed by atoms with Crippen LogP contribution in [0.15, 0.2) is 60.7 Å². The molecule has 7 nitrogen and oxygen atoms in total. The summed E-state index contributed by atoms with van der Waals surface area (Å²) in [5, 5.41) is 18.5. The highest BCUT2D eigenvalue weighted by Crippen LogP contribution is 2.47. The molecule has 0 radical (unpaired) electrons. The lowest BCUT2D eigenvalue weighted by molar-refractivity contribution is 0.0730. The van der Waals surface area contributed by atoms with Gasteiger partial charge >= 0.3 is 0 Å². The molecular formula is C32H35N3O4. The molecule has 1 aliphatic rings. The number of aromatic hydroxyl groups is 1. The predicted octanol–water partition coefficient (Wildman–Crippen LogP) is 6.72. The number of amides is 1. The van der Waals surface area contributed by atoms with E-state index < -0.39 is 6.04 Å². The van der Waals surface area contributed by atoms with E-state index in [-0.39, 0.29) is 11.7 Å². The molecule has 0 fully saturated rings. The van der Waals surface area contributed by atoms with Crippen LogP contribution in [0.1, 0.15) is 70.5 Å². The lowest BCUT2D eigenvalue weighted by Crippen LogP contribution is -2.29. The van der Waals surface area contributed by atoms with E-state index in [9.17, 15) is 9.90 Å². The number of H-pyrrole nitrogens is 1. The third kappa shape index (κ3) is 5.09. The summed E-state index contributed by atoms with van der Waals surface area (Å²) >= 11 is 0. The molecular weight excluding hydrogens is 490 g/mol. The van der Waals surface area contributed by atoms with Crippen LogP contribution in [0.2, 0.25) is 0 Å². The summed E-state index contributed by atoms with van der Waals surface area (Å²) < 4.78 is 11.8. The average molecular weight is 526 g/mol. The molecule has 0 aliphatic carbocycles. The highest BCUT2D eigenvalue weighted by atomic mass is 16.5. The highest BCUT2D eigenvalue weighted by molar-refractivity contribution is 6.00. The Hall–Kier alpha value is -4.26. The number of ether oxygens (including phenoxy) is 2. The maximum absolute atomic E-state index is 13.8. The lowest BCUT2D eigenvalue weighted by Gasteiger charge is -2.27. The van der Waals surface area contributed by atoms with Crippen molar-refractivity contribution in [3.05, 3.63) is 94.2 Å². The Morgan fingerprint density at radius 1 is 1.03 bits per heavy atom. The fourth-order valence-electron chi connectivity index (χ4n) is 5.44. The number of fused-ring (bicyclic) bond motifs is 1. The number of nitrogens with zero attached hydrogens (tertiary/aromatic N) is 2. The van der Waals surface area contributed by atoms with Gasteiger partial charge < -0.3 is 19.5 Å². The molecule has 4 aromatic rings. The number of rotatable bonds is 10. The summed E-state index contributed by atoms with van der Waals surface area (Å²) in [6, 6.07) is 19.1. The summed E-state index contributed by atoms with van der Waals surface area (Å²) in [7, 11) is 1.63. The van der Waals surface area contributed by atoms with Crippen LogP contribution >= 0.6 is 0 Å². The zero-order chi connectivity index (χ0) is 27.5. The van der Waals surface area contributed by atoms with Crippen LogP contribution in [-0.2, 0) is 6.54 Å². The number of aromatic amines is 1. The first-order valence-electron chi connectivity index (χ1n) is 13.5. The van der Waals surface area contributed by atoms with Crippen molar-refractivity contribution in [1.82, 2.24) is 15.1 Å². The standard InChI is InChI=1S/C32H35N3O4/c1-5-6-10-15-39-25-14-13-23(18-26(25)38-4)31-28-29(27-21(3)16-20(2)17-24(27)36)33-34-30(28)32(37)35(31)19-22-11-8-7-9-12-22/h7-9,11-14,16-18,31,36H,5-6,10,15,19H2,1-4H3,(H,33,34). The second kappa shape index (κ2) is 11.2. The van der Waals surface area contributed by atoms with Gasteiger partial charge in [0.2, 0.25) is 0 Å². The van der Waals surface area contributed by atoms with Crippen LogP contribution in [-0.4, -0.2) is 39.8 Å². The molecule has 0 saturated carbocycles. The second-order valence-electron chi connectivity index (χ2n) is 10.1. The van der Waals surface area contributed by atoms with Gasteiger partial charge in [-0.05, 0) is 60.7 Å². The number of phenols is 1. The van der Waals surface area contributed by atoms with Gasteiger partial charge in [0, 0.05) is 17.7 Å². The van der Waals surface area contributed by atoms with E-state index in [4.69, 9.17) is 9.47 Å². The van der Waals surface area contributed by atoms with E-state index in [1.54, 1.807) is 13.2 Å². The summed E-state index contributed by atoms with van der Waals surface area (Å²) in [5.41, 5.74) is 6.13. The minimum absolute atomic E-state index is 0.138. The topological polar surface area (TPSA) is 87.7 Å². The molecule has 1 amide bonds. The van der Waals surface area contributed by atoms with Crippen molar-refractivity contribution in [2.75, 3.05) is 13.7 Å². The molecule has 3 aromatic carbocycles.